The molecule has 0 unspecified atom stereocenters. The lowest BCUT2D eigenvalue weighted by atomic mass is 10.1. The maximum Gasteiger partial charge on any atom is 0.261 e. The molecule has 1 aromatic carbocycles. The molecule has 0 bridgehead atoms. The molecule has 0 saturated carbocycles. The average Bonchev–Trinajstić information content (AvgIpc) is 2.52. The second-order valence-electron chi connectivity index (χ2n) is 5.78. The van der Waals surface area contributed by atoms with E-state index in [2.05, 4.69) is 9.97 Å². The molecule has 4 heteroatoms. The minimum atomic E-state index is 0.0180. The van der Waals surface area contributed by atoms with Crippen molar-refractivity contribution in [3.8, 4) is 0 Å². The summed E-state index contributed by atoms with van der Waals surface area (Å²) in [6.07, 6.45) is 6.01. The van der Waals surface area contributed by atoms with Gasteiger partial charge >= 0.3 is 0 Å². The van der Waals surface area contributed by atoms with Crippen molar-refractivity contribution in [2.24, 2.45) is 0 Å². The van der Waals surface area contributed by atoms with Crippen LogP contribution in [0, 0.1) is 13.8 Å². The summed E-state index contributed by atoms with van der Waals surface area (Å²) in [6, 6.07) is 7.83. The number of aryl methyl sites for hydroxylation is 2. The van der Waals surface area contributed by atoms with E-state index in [0.717, 1.165) is 28.6 Å². The highest BCUT2D eigenvalue weighted by Crippen LogP contribution is 2.18. The summed E-state index contributed by atoms with van der Waals surface area (Å²) in [4.78, 5) is 21.4. The van der Waals surface area contributed by atoms with Crippen molar-refractivity contribution in [2.45, 2.75) is 33.2 Å². The zero-order valence-corrected chi connectivity index (χ0v) is 13.1. The molecular weight excluding hydrogens is 274 g/mol. The van der Waals surface area contributed by atoms with Crippen molar-refractivity contribution >= 4 is 10.9 Å². The highest BCUT2D eigenvalue weighted by Gasteiger charge is 2.12. The Morgan fingerprint density at radius 2 is 2.05 bits per heavy atom. The van der Waals surface area contributed by atoms with Gasteiger partial charge in [0.25, 0.3) is 5.56 Å². The van der Waals surface area contributed by atoms with E-state index in [9.17, 15) is 4.79 Å². The number of benzene rings is 1. The molecule has 0 saturated heterocycles. The zero-order chi connectivity index (χ0) is 15.7. The number of aromatic nitrogens is 3. The quantitative estimate of drug-likeness (QED) is 0.745. The topological polar surface area (TPSA) is 47.8 Å². The first kappa shape index (κ1) is 14.4. The highest BCUT2D eigenvalue weighted by atomic mass is 16.1. The summed E-state index contributed by atoms with van der Waals surface area (Å²) in [6.45, 7) is 6.07. The Morgan fingerprint density at radius 1 is 1.23 bits per heavy atom. The summed E-state index contributed by atoms with van der Waals surface area (Å²) in [5, 5.41) is 0.684. The van der Waals surface area contributed by atoms with Crippen LogP contribution < -0.4 is 5.56 Å². The minimum absolute atomic E-state index is 0.0180. The molecule has 0 amide bonds. The Kier molecular flexibility index (Phi) is 3.75. The van der Waals surface area contributed by atoms with Gasteiger partial charge in [-0.3, -0.25) is 14.3 Å². The molecule has 2 heterocycles. The summed E-state index contributed by atoms with van der Waals surface area (Å²) in [5.41, 5.74) is 4.16. The first-order chi connectivity index (χ1) is 10.6. The second-order valence-corrected chi connectivity index (χ2v) is 5.78. The number of hydrogen-bond acceptors (Lipinski definition) is 3. The standard InChI is InChI=1S/C18H19N3O/c1-12-6-7-16-17(14(12)3)20-11-21(18(16)22)13(2)9-15-5-4-8-19-10-15/h4-8,10-11,13H,9H2,1-3H3/t13-/m1/s1. The van der Waals surface area contributed by atoms with Crippen LogP contribution >= 0.6 is 0 Å². The van der Waals surface area contributed by atoms with Crippen LogP contribution in [0.4, 0.5) is 0 Å². The molecule has 0 fully saturated rings. The first-order valence-corrected chi connectivity index (χ1v) is 7.44. The van der Waals surface area contributed by atoms with E-state index < -0.39 is 0 Å². The molecule has 3 rings (SSSR count). The fraction of sp³-hybridized carbons (Fsp3) is 0.278. The summed E-state index contributed by atoms with van der Waals surface area (Å²) >= 11 is 0. The van der Waals surface area contributed by atoms with Gasteiger partial charge in [0.05, 0.1) is 17.2 Å². The number of nitrogens with zero attached hydrogens (tertiary/aromatic N) is 3. The van der Waals surface area contributed by atoms with E-state index in [1.807, 2.05) is 51.2 Å². The van der Waals surface area contributed by atoms with Crippen LogP contribution in [0.5, 0.6) is 0 Å². The van der Waals surface area contributed by atoms with Crippen LogP contribution in [0.2, 0.25) is 0 Å². The van der Waals surface area contributed by atoms with Crippen molar-refractivity contribution in [1.82, 2.24) is 14.5 Å². The number of fused-ring (bicyclic) bond motifs is 1. The minimum Gasteiger partial charge on any atom is -0.296 e. The van der Waals surface area contributed by atoms with Gasteiger partial charge in [0, 0.05) is 18.4 Å². The molecule has 0 spiro atoms. The molecule has 0 aliphatic rings. The maximum absolute atomic E-state index is 12.7. The fourth-order valence-electron chi connectivity index (χ4n) is 2.72. The third-order valence-corrected chi connectivity index (χ3v) is 4.21. The first-order valence-electron chi connectivity index (χ1n) is 7.44. The van der Waals surface area contributed by atoms with E-state index >= 15 is 0 Å². The number of rotatable bonds is 3. The third kappa shape index (κ3) is 2.52. The van der Waals surface area contributed by atoms with Crippen LogP contribution in [-0.2, 0) is 6.42 Å². The SMILES string of the molecule is Cc1ccc2c(=O)n([C@H](C)Cc3cccnc3)cnc2c1C. The molecule has 3 aromatic rings. The molecule has 0 aliphatic heterocycles. The lowest BCUT2D eigenvalue weighted by Gasteiger charge is -2.16. The largest absolute Gasteiger partial charge is 0.296 e. The Bertz CT molecular complexity index is 869. The third-order valence-electron chi connectivity index (χ3n) is 4.21. The normalized spacial score (nSPS) is 12.5. The van der Waals surface area contributed by atoms with Crippen LogP contribution in [0.25, 0.3) is 10.9 Å². The van der Waals surface area contributed by atoms with Crippen molar-refractivity contribution < 1.29 is 0 Å². The Morgan fingerprint density at radius 3 is 2.77 bits per heavy atom. The second kappa shape index (κ2) is 5.72. The molecule has 22 heavy (non-hydrogen) atoms. The van der Waals surface area contributed by atoms with E-state index in [-0.39, 0.29) is 11.6 Å². The highest BCUT2D eigenvalue weighted by molar-refractivity contribution is 5.81. The Labute approximate surface area is 129 Å². The summed E-state index contributed by atoms with van der Waals surface area (Å²) in [5.74, 6) is 0. The van der Waals surface area contributed by atoms with Gasteiger partial charge in [-0.2, -0.15) is 0 Å². The lowest BCUT2D eigenvalue weighted by Crippen LogP contribution is -2.25. The molecule has 112 valence electrons. The van der Waals surface area contributed by atoms with E-state index in [1.54, 1.807) is 17.1 Å². The van der Waals surface area contributed by atoms with Gasteiger partial charge in [-0.1, -0.05) is 12.1 Å². The predicted octanol–water partition coefficient (Wildman–Crippen LogP) is 3.21. The van der Waals surface area contributed by atoms with Gasteiger partial charge in [-0.05, 0) is 56.0 Å². The van der Waals surface area contributed by atoms with Gasteiger partial charge < -0.3 is 0 Å². The van der Waals surface area contributed by atoms with Crippen LogP contribution in [0.15, 0.2) is 47.8 Å². The van der Waals surface area contributed by atoms with E-state index in [4.69, 9.17) is 0 Å². The predicted molar refractivity (Wildman–Crippen MR) is 88.1 cm³/mol. The molecule has 0 radical (unpaired) electrons. The Hall–Kier alpha value is -2.49. The average molecular weight is 293 g/mol. The van der Waals surface area contributed by atoms with Gasteiger partial charge in [-0.25, -0.2) is 4.98 Å². The summed E-state index contributed by atoms with van der Waals surface area (Å²) in [7, 11) is 0. The van der Waals surface area contributed by atoms with E-state index in [0.29, 0.717) is 5.39 Å². The van der Waals surface area contributed by atoms with Crippen molar-refractivity contribution in [2.75, 3.05) is 0 Å². The smallest absolute Gasteiger partial charge is 0.261 e. The Balaban J connectivity index is 2.03. The molecule has 0 aliphatic carbocycles. The van der Waals surface area contributed by atoms with Crippen molar-refractivity contribution in [1.29, 1.82) is 0 Å². The zero-order valence-electron chi connectivity index (χ0n) is 13.1. The van der Waals surface area contributed by atoms with Crippen LogP contribution in [0.1, 0.15) is 29.7 Å². The van der Waals surface area contributed by atoms with Crippen LogP contribution in [-0.4, -0.2) is 14.5 Å². The maximum atomic E-state index is 12.7. The van der Waals surface area contributed by atoms with Gasteiger partial charge in [0.15, 0.2) is 0 Å². The number of pyridine rings is 1. The summed E-state index contributed by atoms with van der Waals surface area (Å²) < 4.78 is 1.71. The van der Waals surface area contributed by atoms with Crippen molar-refractivity contribution in [3.05, 3.63) is 70.0 Å². The molecule has 1 atom stereocenters. The molecular formula is C18H19N3O. The van der Waals surface area contributed by atoms with Gasteiger partial charge in [0.1, 0.15) is 0 Å². The van der Waals surface area contributed by atoms with Crippen molar-refractivity contribution in [3.63, 3.8) is 0 Å². The fourth-order valence-corrected chi connectivity index (χ4v) is 2.72. The van der Waals surface area contributed by atoms with Gasteiger partial charge in [-0.15, -0.1) is 0 Å². The number of hydrogen-bond donors (Lipinski definition) is 0. The molecule has 2 aromatic heterocycles. The monoisotopic (exact) mass is 293 g/mol. The van der Waals surface area contributed by atoms with Crippen LogP contribution in [0.3, 0.4) is 0 Å². The lowest BCUT2D eigenvalue weighted by molar-refractivity contribution is 0.522. The molecule has 0 N–H and O–H groups in total. The van der Waals surface area contributed by atoms with E-state index in [1.165, 1.54) is 0 Å². The molecule has 4 nitrogen and oxygen atoms in total. The van der Waals surface area contributed by atoms with Gasteiger partial charge in [0.2, 0.25) is 0 Å².